The van der Waals surface area contributed by atoms with E-state index in [-0.39, 0.29) is 6.61 Å². The maximum Gasteiger partial charge on any atom is 0.320 e. The molecular formula is C6H13NO6S2. The second-order valence-corrected chi connectivity index (χ2v) is 7.10. The lowest BCUT2D eigenvalue weighted by molar-refractivity contribution is -0.141. The van der Waals surface area contributed by atoms with E-state index in [1.165, 1.54) is 0 Å². The zero-order chi connectivity index (χ0) is 12.1. The van der Waals surface area contributed by atoms with Gasteiger partial charge in [-0.1, -0.05) is 0 Å². The Morgan fingerprint density at radius 3 is 2.20 bits per heavy atom. The first kappa shape index (κ1) is 14.3. The van der Waals surface area contributed by atoms with Gasteiger partial charge in [-0.05, 0) is 6.92 Å². The topological polar surface area (TPSA) is 107 Å². The molecule has 0 aromatic heterocycles. The predicted octanol–water partition coefficient (Wildman–Crippen LogP) is -1.53. The number of sulfone groups is 1. The van der Waals surface area contributed by atoms with Crippen molar-refractivity contribution in [3.05, 3.63) is 0 Å². The molecule has 0 aliphatic rings. The number of hydrogen-bond acceptors (Lipinski definition) is 6. The molecule has 9 heteroatoms. The van der Waals surface area contributed by atoms with Crippen molar-refractivity contribution in [2.75, 3.05) is 24.5 Å². The molecule has 90 valence electrons. The van der Waals surface area contributed by atoms with Crippen LogP contribution >= 0.6 is 0 Å². The second-order valence-electron chi connectivity index (χ2n) is 2.78. The third-order valence-corrected chi connectivity index (χ3v) is 4.65. The number of ether oxygens (including phenoxy) is 1. The summed E-state index contributed by atoms with van der Waals surface area (Å²) in [4.78, 5) is 10.8. The molecule has 0 fully saturated rings. The van der Waals surface area contributed by atoms with Crippen molar-refractivity contribution < 1.29 is 26.4 Å². The van der Waals surface area contributed by atoms with Crippen LogP contribution in [0.4, 0.5) is 0 Å². The van der Waals surface area contributed by atoms with Gasteiger partial charge in [0.05, 0.1) is 6.61 Å². The number of sulfonamides is 1. The van der Waals surface area contributed by atoms with E-state index in [0.717, 1.165) is 6.26 Å². The molecule has 0 aliphatic heterocycles. The summed E-state index contributed by atoms with van der Waals surface area (Å²) in [5.74, 6) is -0.755. The number of esters is 1. The highest BCUT2D eigenvalue weighted by molar-refractivity contribution is 8.06. The molecule has 7 nitrogen and oxygen atoms in total. The number of carbonyl (C=O) groups excluding carboxylic acids is 1. The molecule has 0 bridgehead atoms. The van der Waals surface area contributed by atoms with Crippen LogP contribution < -0.4 is 4.72 Å². The highest BCUT2D eigenvalue weighted by atomic mass is 32.3. The molecule has 0 heterocycles. The van der Waals surface area contributed by atoms with Crippen LogP contribution in [0.3, 0.4) is 0 Å². The molecule has 0 rings (SSSR count). The van der Waals surface area contributed by atoms with Crippen LogP contribution in [0, 0.1) is 0 Å². The summed E-state index contributed by atoms with van der Waals surface area (Å²) in [5, 5.41) is -1.04. The fraction of sp³-hybridized carbons (Fsp3) is 0.833. The molecule has 0 aliphatic carbocycles. The third-order valence-electron chi connectivity index (χ3n) is 1.11. The Morgan fingerprint density at radius 2 is 1.80 bits per heavy atom. The van der Waals surface area contributed by atoms with Crippen LogP contribution in [0.1, 0.15) is 6.92 Å². The molecule has 0 saturated carbocycles. The molecule has 15 heavy (non-hydrogen) atoms. The van der Waals surface area contributed by atoms with Crippen LogP contribution in [-0.4, -0.2) is 47.3 Å². The van der Waals surface area contributed by atoms with Gasteiger partial charge in [-0.3, -0.25) is 4.79 Å². The minimum Gasteiger partial charge on any atom is -0.465 e. The first-order valence-electron chi connectivity index (χ1n) is 3.97. The van der Waals surface area contributed by atoms with Crippen molar-refractivity contribution in [2.24, 2.45) is 0 Å². The minimum atomic E-state index is -3.99. The molecule has 0 spiro atoms. The largest absolute Gasteiger partial charge is 0.465 e. The molecule has 0 aromatic rings. The lowest BCUT2D eigenvalue weighted by Crippen LogP contribution is -2.34. The van der Waals surface area contributed by atoms with Crippen molar-refractivity contribution in [1.82, 2.24) is 4.72 Å². The molecule has 0 aromatic carbocycles. The van der Waals surface area contributed by atoms with Gasteiger partial charge < -0.3 is 4.74 Å². The van der Waals surface area contributed by atoms with E-state index < -0.39 is 37.5 Å². The molecule has 0 radical (unpaired) electrons. The van der Waals surface area contributed by atoms with Crippen molar-refractivity contribution >= 4 is 25.8 Å². The van der Waals surface area contributed by atoms with Gasteiger partial charge in [-0.25, -0.2) is 21.6 Å². The lowest BCUT2D eigenvalue weighted by Gasteiger charge is -2.04. The zero-order valence-electron chi connectivity index (χ0n) is 8.39. The quantitative estimate of drug-likeness (QED) is 0.580. The van der Waals surface area contributed by atoms with Gasteiger partial charge in [0, 0.05) is 6.26 Å². The Morgan fingerprint density at radius 1 is 1.27 bits per heavy atom. The summed E-state index contributed by atoms with van der Waals surface area (Å²) in [6.45, 7) is 1.14. The number of rotatable bonds is 6. The number of nitrogens with one attached hydrogen (secondary N) is 1. The molecule has 0 amide bonds. The fourth-order valence-electron chi connectivity index (χ4n) is 0.704. The van der Waals surface area contributed by atoms with Crippen molar-refractivity contribution in [3.63, 3.8) is 0 Å². The highest BCUT2D eigenvalue weighted by Gasteiger charge is 2.18. The Kier molecular flexibility index (Phi) is 5.18. The minimum absolute atomic E-state index is 0.132. The van der Waals surface area contributed by atoms with Crippen LogP contribution in [0.2, 0.25) is 0 Å². The summed E-state index contributed by atoms with van der Waals surface area (Å²) in [6, 6.07) is 0. The summed E-state index contributed by atoms with van der Waals surface area (Å²) < 4.78 is 49.7. The normalized spacial score (nSPS) is 12.4. The van der Waals surface area contributed by atoms with Crippen molar-refractivity contribution in [2.45, 2.75) is 6.92 Å². The Hall–Kier alpha value is -0.670. The van der Waals surface area contributed by atoms with Gasteiger partial charge in [0.1, 0.15) is 6.54 Å². The third kappa shape index (κ3) is 8.33. The van der Waals surface area contributed by atoms with Crippen LogP contribution in [0.15, 0.2) is 0 Å². The molecule has 0 atom stereocenters. The summed E-state index contributed by atoms with van der Waals surface area (Å²) in [5.41, 5.74) is 0. The Labute approximate surface area is 88.8 Å². The van der Waals surface area contributed by atoms with Crippen molar-refractivity contribution in [1.29, 1.82) is 0 Å². The van der Waals surface area contributed by atoms with E-state index in [2.05, 4.69) is 4.74 Å². The van der Waals surface area contributed by atoms with Crippen LogP contribution in [0.5, 0.6) is 0 Å². The smallest absolute Gasteiger partial charge is 0.320 e. The average Bonchev–Trinajstić information content (AvgIpc) is 1.97. The van der Waals surface area contributed by atoms with E-state index in [1.54, 1.807) is 6.92 Å². The van der Waals surface area contributed by atoms with Crippen molar-refractivity contribution in [3.8, 4) is 0 Å². The fourth-order valence-corrected chi connectivity index (χ4v) is 3.63. The maximum atomic E-state index is 11.1. The Balaban J connectivity index is 4.24. The second kappa shape index (κ2) is 5.42. The predicted molar refractivity (Wildman–Crippen MR) is 53.3 cm³/mol. The van der Waals surface area contributed by atoms with E-state index in [9.17, 15) is 21.6 Å². The first-order valence-corrected chi connectivity index (χ1v) is 7.68. The van der Waals surface area contributed by atoms with E-state index in [4.69, 9.17) is 0 Å². The lowest BCUT2D eigenvalue weighted by atomic mass is 10.7. The van der Waals surface area contributed by atoms with Crippen LogP contribution in [-0.2, 0) is 29.4 Å². The Bertz CT molecular complexity index is 409. The molecule has 0 unspecified atom stereocenters. The van der Waals surface area contributed by atoms with Gasteiger partial charge in [0.25, 0.3) is 0 Å². The number of hydrogen-bond donors (Lipinski definition) is 1. The van der Waals surface area contributed by atoms with Crippen LogP contribution in [0.25, 0.3) is 0 Å². The standard InChI is InChI=1S/C6H13NO6S2/c1-3-13-6(8)4-7-15(11,12)5-14(2,9)10/h7H,3-5H2,1-2H3. The van der Waals surface area contributed by atoms with Gasteiger partial charge in [-0.15, -0.1) is 0 Å². The van der Waals surface area contributed by atoms with Gasteiger partial charge >= 0.3 is 5.97 Å². The van der Waals surface area contributed by atoms with Gasteiger partial charge in [-0.2, -0.15) is 0 Å². The summed E-state index contributed by atoms with van der Waals surface area (Å²) in [7, 11) is -7.64. The average molecular weight is 259 g/mol. The molecular weight excluding hydrogens is 246 g/mol. The zero-order valence-corrected chi connectivity index (χ0v) is 10.0. The number of carbonyl (C=O) groups is 1. The van der Waals surface area contributed by atoms with Gasteiger partial charge in [0.15, 0.2) is 14.9 Å². The van der Waals surface area contributed by atoms with E-state index >= 15 is 0 Å². The maximum absolute atomic E-state index is 11.1. The molecule has 0 saturated heterocycles. The summed E-state index contributed by atoms with van der Waals surface area (Å²) >= 11 is 0. The van der Waals surface area contributed by atoms with Gasteiger partial charge in [0.2, 0.25) is 10.0 Å². The monoisotopic (exact) mass is 259 g/mol. The summed E-state index contributed by atoms with van der Waals surface area (Å²) in [6.07, 6.45) is 0.788. The highest BCUT2D eigenvalue weighted by Crippen LogP contribution is 1.91. The van der Waals surface area contributed by atoms with E-state index in [0.29, 0.717) is 0 Å². The molecule has 1 N–H and O–H groups in total. The SMILES string of the molecule is CCOC(=O)CNS(=O)(=O)CS(C)(=O)=O. The first-order chi connectivity index (χ1) is 6.66. The van der Waals surface area contributed by atoms with E-state index in [1.807, 2.05) is 4.72 Å².